The predicted octanol–water partition coefficient (Wildman–Crippen LogP) is 2.80. The fourth-order valence-electron chi connectivity index (χ4n) is 2.40. The second-order valence-corrected chi connectivity index (χ2v) is 4.45. The zero-order valence-corrected chi connectivity index (χ0v) is 12.0. The average Bonchev–Trinajstić information content (AvgIpc) is 2.64. The number of benzene rings is 1. The quantitative estimate of drug-likeness (QED) is 0.847. The molecule has 0 heterocycles. The number of fused-ring (bicyclic) bond motifs is 1. The van der Waals surface area contributed by atoms with E-state index in [4.69, 9.17) is 14.2 Å². The fraction of sp³-hybridized carbons (Fsp3) is 0.312. The van der Waals surface area contributed by atoms with Gasteiger partial charge in [-0.15, -0.1) is 0 Å². The minimum Gasteiger partial charge on any atom is -0.493 e. The second kappa shape index (κ2) is 5.82. The van der Waals surface area contributed by atoms with E-state index in [1.807, 2.05) is 6.07 Å². The summed E-state index contributed by atoms with van der Waals surface area (Å²) in [5, 5.41) is 0. The van der Waals surface area contributed by atoms with Crippen molar-refractivity contribution in [1.82, 2.24) is 0 Å². The Morgan fingerprint density at radius 1 is 1.10 bits per heavy atom. The molecule has 0 aromatic heterocycles. The third-order valence-corrected chi connectivity index (χ3v) is 3.42. The number of carbonyl (C=O) groups excluding carboxylic acids is 1. The van der Waals surface area contributed by atoms with Gasteiger partial charge in [0.05, 0.1) is 21.3 Å². The Labute approximate surface area is 118 Å². The first-order valence-electron chi connectivity index (χ1n) is 6.35. The van der Waals surface area contributed by atoms with Gasteiger partial charge in [0.25, 0.3) is 0 Å². The van der Waals surface area contributed by atoms with Gasteiger partial charge in [-0.05, 0) is 24.1 Å². The molecule has 0 spiro atoms. The van der Waals surface area contributed by atoms with Crippen LogP contribution in [0.3, 0.4) is 0 Å². The molecular formula is C16H18O4. The standard InChI is InChI=1S/C16H18O4/c1-5-10-8-12-11(6-7-13(10)17)9-14(18-2)16(20-4)15(12)19-3/h5,8-9H,1,6-7H2,2-4H3. The molecule has 2 rings (SSSR count). The first-order valence-corrected chi connectivity index (χ1v) is 6.35. The summed E-state index contributed by atoms with van der Waals surface area (Å²) in [6.45, 7) is 3.70. The van der Waals surface area contributed by atoms with Gasteiger partial charge in [-0.25, -0.2) is 0 Å². The van der Waals surface area contributed by atoms with Crippen LogP contribution >= 0.6 is 0 Å². The molecule has 0 fully saturated rings. The van der Waals surface area contributed by atoms with E-state index in [1.165, 1.54) is 0 Å². The monoisotopic (exact) mass is 274 g/mol. The first kappa shape index (κ1) is 14.2. The van der Waals surface area contributed by atoms with Gasteiger partial charge in [0, 0.05) is 17.6 Å². The summed E-state index contributed by atoms with van der Waals surface area (Å²) in [4.78, 5) is 12.0. The molecule has 1 aromatic rings. The molecule has 0 aliphatic heterocycles. The molecule has 4 heteroatoms. The zero-order valence-electron chi connectivity index (χ0n) is 12.0. The van der Waals surface area contributed by atoms with E-state index in [2.05, 4.69) is 6.58 Å². The highest BCUT2D eigenvalue weighted by molar-refractivity contribution is 6.03. The van der Waals surface area contributed by atoms with Crippen molar-refractivity contribution in [3.8, 4) is 17.2 Å². The highest BCUT2D eigenvalue weighted by Crippen LogP contribution is 2.44. The third kappa shape index (κ3) is 2.29. The lowest BCUT2D eigenvalue weighted by Crippen LogP contribution is -2.01. The van der Waals surface area contributed by atoms with E-state index in [-0.39, 0.29) is 5.78 Å². The van der Waals surface area contributed by atoms with Crippen molar-refractivity contribution in [2.45, 2.75) is 12.8 Å². The summed E-state index contributed by atoms with van der Waals surface area (Å²) in [5.74, 6) is 1.79. The normalized spacial score (nSPS) is 13.9. The summed E-state index contributed by atoms with van der Waals surface area (Å²) in [7, 11) is 4.72. The first-order chi connectivity index (χ1) is 9.65. The van der Waals surface area contributed by atoms with Gasteiger partial charge in [-0.3, -0.25) is 4.79 Å². The smallest absolute Gasteiger partial charge is 0.203 e. The number of methoxy groups -OCH3 is 3. The van der Waals surface area contributed by atoms with Gasteiger partial charge in [-0.2, -0.15) is 0 Å². The maximum absolute atomic E-state index is 12.0. The van der Waals surface area contributed by atoms with Crippen molar-refractivity contribution in [3.63, 3.8) is 0 Å². The second-order valence-electron chi connectivity index (χ2n) is 4.45. The molecular weight excluding hydrogens is 256 g/mol. The van der Waals surface area contributed by atoms with Gasteiger partial charge in [0.15, 0.2) is 17.3 Å². The lowest BCUT2D eigenvalue weighted by molar-refractivity contribution is -0.115. The number of allylic oxidation sites excluding steroid dienone is 2. The van der Waals surface area contributed by atoms with E-state index in [9.17, 15) is 4.79 Å². The summed E-state index contributed by atoms with van der Waals surface area (Å²) < 4.78 is 16.2. The summed E-state index contributed by atoms with van der Waals surface area (Å²) in [6, 6.07) is 1.90. The van der Waals surface area contributed by atoms with Gasteiger partial charge in [-0.1, -0.05) is 12.7 Å². The minimum atomic E-state index is 0.0798. The molecule has 0 bridgehead atoms. The number of Topliss-reactive ketones (excluding diaryl/α,β-unsaturated/α-hetero) is 1. The molecule has 1 aromatic carbocycles. The van der Waals surface area contributed by atoms with Gasteiger partial charge in [0.2, 0.25) is 5.75 Å². The molecule has 0 atom stereocenters. The lowest BCUT2D eigenvalue weighted by atomic mass is 10.0. The number of rotatable bonds is 4. The van der Waals surface area contributed by atoms with Crippen LogP contribution < -0.4 is 14.2 Å². The molecule has 1 aliphatic rings. The Hall–Kier alpha value is -2.23. The fourth-order valence-corrected chi connectivity index (χ4v) is 2.40. The van der Waals surface area contributed by atoms with Crippen molar-refractivity contribution in [1.29, 1.82) is 0 Å². The van der Waals surface area contributed by atoms with Gasteiger partial charge >= 0.3 is 0 Å². The largest absolute Gasteiger partial charge is 0.493 e. The van der Waals surface area contributed by atoms with Crippen LogP contribution in [0.5, 0.6) is 17.2 Å². The maximum atomic E-state index is 12.0. The SMILES string of the molecule is C=CC1=Cc2c(cc(OC)c(OC)c2OC)CCC1=O. The van der Waals surface area contributed by atoms with E-state index in [0.29, 0.717) is 35.7 Å². The molecule has 0 saturated carbocycles. The molecule has 0 unspecified atom stereocenters. The number of ketones is 1. The van der Waals surface area contributed by atoms with E-state index in [1.54, 1.807) is 33.5 Å². The van der Waals surface area contributed by atoms with E-state index in [0.717, 1.165) is 11.1 Å². The van der Waals surface area contributed by atoms with E-state index < -0.39 is 0 Å². The number of carbonyl (C=O) groups is 1. The zero-order chi connectivity index (χ0) is 14.7. The van der Waals surface area contributed by atoms with Crippen LogP contribution in [0.2, 0.25) is 0 Å². The van der Waals surface area contributed by atoms with Crippen molar-refractivity contribution in [2.24, 2.45) is 0 Å². The topological polar surface area (TPSA) is 44.8 Å². The Morgan fingerprint density at radius 2 is 1.80 bits per heavy atom. The maximum Gasteiger partial charge on any atom is 0.203 e. The molecule has 4 nitrogen and oxygen atoms in total. The lowest BCUT2D eigenvalue weighted by Gasteiger charge is -2.17. The Bertz CT molecular complexity index is 585. The van der Waals surface area contributed by atoms with Crippen molar-refractivity contribution in [2.75, 3.05) is 21.3 Å². The molecule has 20 heavy (non-hydrogen) atoms. The molecule has 1 aliphatic carbocycles. The highest BCUT2D eigenvalue weighted by Gasteiger charge is 2.23. The van der Waals surface area contributed by atoms with Crippen LogP contribution in [-0.4, -0.2) is 27.1 Å². The van der Waals surface area contributed by atoms with Crippen LogP contribution in [-0.2, 0) is 11.2 Å². The minimum absolute atomic E-state index is 0.0798. The Balaban J connectivity index is 2.74. The van der Waals surface area contributed by atoms with Gasteiger partial charge in [0.1, 0.15) is 0 Å². The van der Waals surface area contributed by atoms with Crippen LogP contribution in [0.15, 0.2) is 24.3 Å². The molecule has 0 amide bonds. The summed E-state index contributed by atoms with van der Waals surface area (Å²) >= 11 is 0. The van der Waals surface area contributed by atoms with Crippen LogP contribution in [0.25, 0.3) is 6.08 Å². The average molecular weight is 274 g/mol. The number of ether oxygens (including phenoxy) is 3. The summed E-state index contributed by atoms with van der Waals surface area (Å²) in [6.07, 6.45) is 4.47. The van der Waals surface area contributed by atoms with Crippen molar-refractivity contribution >= 4 is 11.9 Å². The Morgan fingerprint density at radius 3 is 2.35 bits per heavy atom. The number of aryl methyl sites for hydroxylation is 1. The molecule has 0 radical (unpaired) electrons. The molecule has 106 valence electrons. The van der Waals surface area contributed by atoms with Crippen LogP contribution in [0.1, 0.15) is 17.5 Å². The highest BCUT2D eigenvalue weighted by atomic mass is 16.5. The molecule has 0 saturated heterocycles. The Kier molecular flexibility index (Phi) is 4.13. The van der Waals surface area contributed by atoms with Crippen LogP contribution in [0.4, 0.5) is 0 Å². The summed E-state index contributed by atoms with van der Waals surface area (Å²) in [5.41, 5.74) is 2.45. The number of hydrogen-bond donors (Lipinski definition) is 0. The third-order valence-electron chi connectivity index (χ3n) is 3.42. The number of hydrogen-bond acceptors (Lipinski definition) is 4. The predicted molar refractivity (Wildman–Crippen MR) is 77.6 cm³/mol. The van der Waals surface area contributed by atoms with Crippen molar-refractivity contribution in [3.05, 3.63) is 35.4 Å². The van der Waals surface area contributed by atoms with Gasteiger partial charge < -0.3 is 14.2 Å². The molecule has 0 N–H and O–H groups in total. The van der Waals surface area contributed by atoms with Crippen LogP contribution in [0, 0.1) is 0 Å². The van der Waals surface area contributed by atoms with E-state index >= 15 is 0 Å². The van der Waals surface area contributed by atoms with Crippen molar-refractivity contribution < 1.29 is 19.0 Å².